The molecular weight excluding hydrogens is 370 g/mol. The van der Waals surface area contributed by atoms with Gasteiger partial charge in [0, 0.05) is 27.2 Å². The van der Waals surface area contributed by atoms with Crippen LogP contribution in [0, 0.1) is 5.82 Å². The van der Waals surface area contributed by atoms with Crippen LogP contribution in [0.5, 0.6) is 5.75 Å². The Balaban J connectivity index is 2.55. The van der Waals surface area contributed by atoms with Crippen molar-refractivity contribution in [3.05, 3.63) is 61.8 Å². The quantitative estimate of drug-likeness (QED) is 0.814. The number of hydrogen-bond donors (Lipinski definition) is 1. The van der Waals surface area contributed by atoms with Crippen molar-refractivity contribution in [3.8, 4) is 5.75 Å². The van der Waals surface area contributed by atoms with Crippen LogP contribution in [0.2, 0.25) is 10.0 Å². The molecule has 1 unspecified atom stereocenters. The first-order valence-electron chi connectivity index (χ1n) is 5.60. The Morgan fingerprint density at radius 3 is 2.55 bits per heavy atom. The molecule has 0 bridgehead atoms. The van der Waals surface area contributed by atoms with Gasteiger partial charge in [-0.2, -0.15) is 0 Å². The summed E-state index contributed by atoms with van der Waals surface area (Å²) in [5, 5.41) is 11.3. The summed E-state index contributed by atoms with van der Waals surface area (Å²) in [6, 6.07) is 7.42. The van der Waals surface area contributed by atoms with Crippen molar-refractivity contribution >= 4 is 39.1 Å². The molecule has 2 rings (SSSR count). The summed E-state index contributed by atoms with van der Waals surface area (Å²) in [5.74, 6) is -0.246. The summed E-state index contributed by atoms with van der Waals surface area (Å²) in [4.78, 5) is 0. The molecule has 20 heavy (non-hydrogen) atoms. The molecule has 0 spiro atoms. The van der Waals surface area contributed by atoms with Gasteiger partial charge in [0.1, 0.15) is 17.7 Å². The lowest BCUT2D eigenvalue weighted by molar-refractivity contribution is 0.214. The summed E-state index contributed by atoms with van der Waals surface area (Å²) in [6.07, 6.45) is -1.08. The van der Waals surface area contributed by atoms with Crippen molar-refractivity contribution < 1.29 is 14.2 Å². The second-order valence-corrected chi connectivity index (χ2v) is 5.77. The molecular formula is C14H10BrCl2FO2. The van der Waals surface area contributed by atoms with Crippen LogP contribution < -0.4 is 4.74 Å². The van der Waals surface area contributed by atoms with Crippen LogP contribution in [-0.2, 0) is 0 Å². The second kappa shape index (κ2) is 6.31. The van der Waals surface area contributed by atoms with E-state index in [1.54, 1.807) is 18.2 Å². The molecule has 1 atom stereocenters. The van der Waals surface area contributed by atoms with Crippen LogP contribution in [-0.4, -0.2) is 12.2 Å². The van der Waals surface area contributed by atoms with Gasteiger partial charge in [-0.1, -0.05) is 23.2 Å². The molecule has 0 aliphatic heterocycles. The van der Waals surface area contributed by atoms with Gasteiger partial charge in [-0.25, -0.2) is 4.39 Å². The topological polar surface area (TPSA) is 29.5 Å². The molecule has 0 radical (unpaired) electrons. The number of ether oxygens (including phenoxy) is 1. The molecule has 2 aromatic carbocycles. The number of rotatable bonds is 3. The number of aliphatic hydroxyl groups excluding tert-OH is 1. The van der Waals surface area contributed by atoms with Crippen molar-refractivity contribution in [2.45, 2.75) is 6.10 Å². The van der Waals surface area contributed by atoms with Crippen LogP contribution in [0.25, 0.3) is 0 Å². The van der Waals surface area contributed by atoms with E-state index in [0.29, 0.717) is 21.2 Å². The van der Waals surface area contributed by atoms with E-state index in [1.165, 1.54) is 19.2 Å². The van der Waals surface area contributed by atoms with E-state index < -0.39 is 11.9 Å². The van der Waals surface area contributed by atoms with E-state index in [2.05, 4.69) is 15.9 Å². The fraction of sp³-hybridized carbons (Fsp3) is 0.143. The van der Waals surface area contributed by atoms with Crippen LogP contribution in [0.15, 0.2) is 34.8 Å². The molecule has 0 aromatic heterocycles. The highest BCUT2D eigenvalue weighted by atomic mass is 79.9. The zero-order valence-corrected chi connectivity index (χ0v) is 13.4. The Kier molecular flexibility index (Phi) is 4.91. The molecule has 106 valence electrons. The number of methoxy groups -OCH3 is 1. The third kappa shape index (κ3) is 3.09. The number of benzene rings is 2. The van der Waals surface area contributed by atoms with Gasteiger partial charge in [-0.05, 0) is 40.2 Å². The largest absolute Gasteiger partial charge is 0.496 e. The van der Waals surface area contributed by atoms with Crippen LogP contribution >= 0.6 is 39.1 Å². The minimum atomic E-state index is -1.08. The normalized spacial score (nSPS) is 12.3. The fourth-order valence-electron chi connectivity index (χ4n) is 1.83. The van der Waals surface area contributed by atoms with Crippen LogP contribution in [0.3, 0.4) is 0 Å². The first kappa shape index (κ1) is 15.6. The van der Waals surface area contributed by atoms with E-state index in [4.69, 9.17) is 27.9 Å². The van der Waals surface area contributed by atoms with Crippen LogP contribution in [0.1, 0.15) is 17.2 Å². The first-order chi connectivity index (χ1) is 9.43. The molecule has 0 fully saturated rings. The van der Waals surface area contributed by atoms with Gasteiger partial charge in [0.15, 0.2) is 0 Å². The number of hydrogen-bond acceptors (Lipinski definition) is 2. The molecule has 0 amide bonds. The van der Waals surface area contributed by atoms with E-state index >= 15 is 0 Å². The van der Waals surface area contributed by atoms with E-state index in [-0.39, 0.29) is 10.2 Å². The minimum absolute atomic E-state index is 0.227. The smallest absolute Gasteiger partial charge is 0.141 e. The van der Waals surface area contributed by atoms with Gasteiger partial charge in [0.2, 0.25) is 0 Å². The van der Waals surface area contributed by atoms with Gasteiger partial charge in [0.25, 0.3) is 0 Å². The van der Waals surface area contributed by atoms with Gasteiger partial charge < -0.3 is 9.84 Å². The summed E-state index contributed by atoms with van der Waals surface area (Å²) >= 11 is 15.1. The molecule has 6 heteroatoms. The Labute approximate surface area is 134 Å². The predicted molar refractivity (Wildman–Crippen MR) is 81.2 cm³/mol. The van der Waals surface area contributed by atoms with Crippen molar-refractivity contribution in [2.75, 3.05) is 7.11 Å². The lowest BCUT2D eigenvalue weighted by Crippen LogP contribution is -2.04. The number of aliphatic hydroxyl groups is 1. The third-order valence-electron chi connectivity index (χ3n) is 2.82. The van der Waals surface area contributed by atoms with Gasteiger partial charge in [-0.3, -0.25) is 0 Å². The Morgan fingerprint density at radius 1 is 1.20 bits per heavy atom. The van der Waals surface area contributed by atoms with Crippen molar-refractivity contribution in [3.63, 3.8) is 0 Å². The standard InChI is InChI=1S/C14H10BrCl2FO2/c1-20-13-6-12(18)10(15)5-9(13)14(19)8-4-7(16)2-3-11(8)17/h2-6,14,19H,1H3. The van der Waals surface area contributed by atoms with Crippen LogP contribution in [0.4, 0.5) is 4.39 Å². The lowest BCUT2D eigenvalue weighted by Gasteiger charge is -2.17. The number of halogens is 4. The highest BCUT2D eigenvalue weighted by Crippen LogP contribution is 2.37. The van der Waals surface area contributed by atoms with Crippen molar-refractivity contribution in [1.29, 1.82) is 0 Å². The van der Waals surface area contributed by atoms with E-state index in [1.807, 2.05) is 0 Å². The average Bonchev–Trinajstić information content (AvgIpc) is 2.43. The molecule has 0 aliphatic rings. The Bertz CT molecular complexity index is 649. The maximum Gasteiger partial charge on any atom is 0.141 e. The van der Waals surface area contributed by atoms with Crippen molar-refractivity contribution in [2.24, 2.45) is 0 Å². The molecule has 0 saturated heterocycles. The highest BCUT2D eigenvalue weighted by molar-refractivity contribution is 9.10. The molecule has 0 saturated carbocycles. The van der Waals surface area contributed by atoms with E-state index in [9.17, 15) is 9.50 Å². The SMILES string of the molecule is COc1cc(F)c(Br)cc1C(O)c1cc(Cl)ccc1Cl. The van der Waals surface area contributed by atoms with Gasteiger partial charge >= 0.3 is 0 Å². The molecule has 2 aromatic rings. The molecule has 0 heterocycles. The summed E-state index contributed by atoms with van der Waals surface area (Å²) in [7, 11) is 1.40. The maximum atomic E-state index is 13.5. The second-order valence-electron chi connectivity index (χ2n) is 4.08. The average molecular weight is 380 g/mol. The van der Waals surface area contributed by atoms with Crippen molar-refractivity contribution in [1.82, 2.24) is 0 Å². The summed E-state index contributed by atoms with van der Waals surface area (Å²) in [5.41, 5.74) is 0.820. The monoisotopic (exact) mass is 378 g/mol. The molecule has 1 N–H and O–H groups in total. The minimum Gasteiger partial charge on any atom is -0.496 e. The summed E-state index contributed by atoms with van der Waals surface area (Å²) in [6.45, 7) is 0. The Morgan fingerprint density at radius 2 is 1.90 bits per heavy atom. The zero-order valence-electron chi connectivity index (χ0n) is 10.3. The molecule has 0 aliphatic carbocycles. The Hall–Kier alpha value is -0.810. The zero-order chi connectivity index (χ0) is 14.9. The van der Waals surface area contributed by atoms with Gasteiger partial charge in [0.05, 0.1) is 11.6 Å². The third-order valence-corrected chi connectivity index (χ3v) is 4.01. The predicted octanol–water partition coefficient (Wildman–Crippen LogP) is 4.99. The first-order valence-corrected chi connectivity index (χ1v) is 7.15. The maximum absolute atomic E-state index is 13.5. The molecule has 2 nitrogen and oxygen atoms in total. The van der Waals surface area contributed by atoms with Gasteiger partial charge in [-0.15, -0.1) is 0 Å². The van der Waals surface area contributed by atoms with E-state index in [0.717, 1.165) is 0 Å². The fourth-order valence-corrected chi connectivity index (χ4v) is 2.59. The summed E-state index contributed by atoms with van der Waals surface area (Å²) < 4.78 is 18.8. The highest BCUT2D eigenvalue weighted by Gasteiger charge is 2.20. The lowest BCUT2D eigenvalue weighted by atomic mass is 10.0.